The van der Waals surface area contributed by atoms with Gasteiger partial charge in [0.1, 0.15) is 0 Å². The summed E-state index contributed by atoms with van der Waals surface area (Å²) in [4.78, 5) is 32.9. The minimum Gasteiger partial charge on any atom is -0.339 e. The molecule has 2 aliphatic rings. The van der Waals surface area contributed by atoms with E-state index in [1.807, 2.05) is 24.6 Å². The number of hydrogen-bond acceptors (Lipinski definition) is 6. The zero-order chi connectivity index (χ0) is 21.5. The lowest BCUT2D eigenvalue weighted by atomic mass is 10.1. The van der Waals surface area contributed by atoms with Gasteiger partial charge in [-0.15, -0.1) is 0 Å². The van der Waals surface area contributed by atoms with Gasteiger partial charge < -0.3 is 15.1 Å². The number of carbonyl (C=O) groups excluding carboxylic acids is 2. The Balaban J connectivity index is 1.33. The predicted molar refractivity (Wildman–Crippen MR) is 112 cm³/mol. The van der Waals surface area contributed by atoms with Crippen LogP contribution in [0.2, 0.25) is 0 Å². The van der Waals surface area contributed by atoms with E-state index in [0.717, 1.165) is 11.0 Å². The molecule has 162 valence electrons. The second-order valence-corrected chi connectivity index (χ2v) is 10.4. The Kier molecular flexibility index (Phi) is 5.39. The van der Waals surface area contributed by atoms with Gasteiger partial charge in [0.05, 0.1) is 35.5 Å². The van der Waals surface area contributed by atoms with Crippen LogP contribution < -0.4 is 5.32 Å². The highest BCUT2D eigenvalue weighted by Gasteiger charge is 2.36. The number of piperazine rings is 1. The lowest BCUT2D eigenvalue weighted by Crippen LogP contribution is -2.53. The highest BCUT2D eigenvalue weighted by molar-refractivity contribution is 7.91. The predicted octanol–water partition coefficient (Wildman–Crippen LogP) is 1.12. The average Bonchev–Trinajstić information content (AvgIpc) is 3.30. The van der Waals surface area contributed by atoms with E-state index in [1.54, 1.807) is 22.2 Å². The number of nitrogens with one attached hydrogen (secondary N) is 1. The number of amides is 3. The summed E-state index contributed by atoms with van der Waals surface area (Å²) in [5.41, 5.74) is 1.36. The molecule has 3 amide bonds. The summed E-state index contributed by atoms with van der Waals surface area (Å²) in [7, 11) is -3.09. The second-order valence-electron chi connectivity index (χ2n) is 8.16. The van der Waals surface area contributed by atoms with E-state index >= 15 is 0 Å². The van der Waals surface area contributed by atoms with Crippen molar-refractivity contribution in [3.63, 3.8) is 0 Å². The molecule has 0 aromatic carbocycles. The lowest BCUT2D eigenvalue weighted by molar-refractivity contribution is -0.136. The van der Waals surface area contributed by atoms with E-state index in [1.165, 1.54) is 0 Å². The number of rotatable bonds is 3. The normalized spacial score (nSPS) is 21.4. The highest BCUT2D eigenvalue weighted by Crippen LogP contribution is 2.22. The first-order chi connectivity index (χ1) is 14.2. The van der Waals surface area contributed by atoms with Crippen LogP contribution in [0.3, 0.4) is 0 Å². The summed E-state index contributed by atoms with van der Waals surface area (Å²) >= 11 is 0. The number of urea groups is 1. The van der Waals surface area contributed by atoms with Crippen molar-refractivity contribution in [3.05, 3.63) is 18.5 Å². The van der Waals surface area contributed by atoms with Crippen LogP contribution >= 0.6 is 0 Å². The molecule has 1 unspecified atom stereocenters. The third kappa shape index (κ3) is 4.11. The summed E-state index contributed by atoms with van der Waals surface area (Å²) in [6, 6.07) is 1.79. The molecule has 4 heterocycles. The zero-order valence-corrected chi connectivity index (χ0v) is 17.9. The number of nitrogens with zero attached hydrogens (tertiary/aromatic N) is 5. The molecular formula is C19H26N6O4S. The Morgan fingerprint density at radius 2 is 1.83 bits per heavy atom. The van der Waals surface area contributed by atoms with Crippen LogP contribution in [0.4, 0.5) is 10.5 Å². The Labute approximate surface area is 175 Å². The summed E-state index contributed by atoms with van der Waals surface area (Å²) in [6.07, 6.45) is 3.73. The van der Waals surface area contributed by atoms with Gasteiger partial charge in [0.15, 0.2) is 15.5 Å². The van der Waals surface area contributed by atoms with E-state index in [0.29, 0.717) is 38.3 Å². The van der Waals surface area contributed by atoms with Crippen LogP contribution in [0.1, 0.15) is 26.3 Å². The number of carbonyl (C=O) groups is 2. The Hall–Kier alpha value is -2.69. The third-order valence-electron chi connectivity index (χ3n) is 5.63. The summed E-state index contributed by atoms with van der Waals surface area (Å²) in [5, 5.41) is 8.03. The molecule has 1 atom stereocenters. The van der Waals surface area contributed by atoms with Crippen molar-refractivity contribution in [1.29, 1.82) is 0 Å². The second kappa shape index (κ2) is 7.86. The summed E-state index contributed by atoms with van der Waals surface area (Å²) < 4.78 is 25.1. The maximum absolute atomic E-state index is 12.6. The maximum Gasteiger partial charge on any atom is 0.322 e. The molecule has 2 fully saturated rings. The molecule has 2 aromatic heterocycles. The lowest BCUT2D eigenvalue weighted by Gasteiger charge is -2.35. The van der Waals surface area contributed by atoms with Crippen molar-refractivity contribution >= 4 is 38.5 Å². The van der Waals surface area contributed by atoms with Gasteiger partial charge in [-0.3, -0.25) is 4.79 Å². The molecule has 0 radical (unpaired) electrons. The van der Waals surface area contributed by atoms with Crippen LogP contribution in [0.5, 0.6) is 0 Å². The largest absolute Gasteiger partial charge is 0.339 e. The molecule has 10 nitrogen and oxygen atoms in total. The number of pyridine rings is 1. The summed E-state index contributed by atoms with van der Waals surface area (Å²) in [5.74, 6) is -0.539. The smallest absolute Gasteiger partial charge is 0.322 e. The van der Waals surface area contributed by atoms with E-state index in [9.17, 15) is 18.0 Å². The fourth-order valence-electron chi connectivity index (χ4n) is 3.97. The number of aromatic nitrogens is 3. The van der Waals surface area contributed by atoms with Gasteiger partial charge in [0, 0.05) is 37.6 Å². The Bertz CT molecular complexity index is 1070. The zero-order valence-electron chi connectivity index (χ0n) is 17.1. The van der Waals surface area contributed by atoms with Crippen molar-refractivity contribution in [2.24, 2.45) is 5.92 Å². The molecule has 4 rings (SSSR count). The molecule has 0 aliphatic carbocycles. The summed E-state index contributed by atoms with van der Waals surface area (Å²) in [6.45, 7) is 5.66. The molecular weight excluding hydrogens is 408 g/mol. The van der Waals surface area contributed by atoms with E-state index in [2.05, 4.69) is 15.4 Å². The van der Waals surface area contributed by atoms with Crippen molar-refractivity contribution in [2.75, 3.05) is 43.0 Å². The molecule has 30 heavy (non-hydrogen) atoms. The van der Waals surface area contributed by atoms with E-state index in [4.69, 9.17) is 0 Å². The first kappa shape index (κ1) is 20.6. The first-order valence-electron chi connectivity index (χ1n) is 10.1. The standard InChI is InChI=1S/C19H26N6O4S/c1-13(2)25-17-15(10-21-25)9-16(11-20-17)22-19(27)24-6-4-23(5-7-24)18(26)14-3-8-30(28,29)12-14/h9-11,13-14H,3-8,12H2,1-2H3,(H,22,27). The van der Waals surface area contributed by atoms with Gasteiger partial charge in [-0.2, -0.15) is 5.10 Å². The Morgan fingerprint density at radius 3 is 2.47 bits per heavy atom. The van der Waals surface area contributed by atoms with Crippen molar-refractivity contribution in [1.82, 2.24) is 24.6 Å². The van der Waals surface area contributed by atoms with Crippen LogP contribution in [-0.4, -0.2) is 82.6 Å². The fourth-order valence-corrected chi connectivity index (χ4v) is 5.70. The first-order valence-corrected chi connectivity index (χ1v) is 11.9. The van der Waals surface area contributed by atoms with Gasteiger partial charge >= 0.3 is 6.03 Å². The van der Waals surface area contributed by atoms with Crippen molar-refractivity contribution in [2.45, 2.75) is 26.3 Å². The van der Waals surface area contributed by atoms with Gasteiger partial charge in [0.25, 0.3) is 0 Å². The topological polar surface area (TPSA) is 117 Å². The van der Waals surface area contributed by atoms with E-state index < -0.39 is 15.8 Å². The van der Waals surface area contributed by atoms with Gasteiger partial charge in [-0.05, 0) is 26.3 Å². The molecule has 11 heteroatoms. The van der Waals surface area contributed by atoms with Gasteiger partial charge in [-0.1, -0.05) is 0 Å². The van der Waals surface area contributed by atoms with Gasteiger partial charge in [-0.25, -0.2) is 22.9 Å². The SMILES string of the molecule is CC(C)n1ncc2cc(NC(=O)N3CCN(C(=O)C4CCS(=O)(=O)C4)CC3)cnc21. The molecule has 2 aromatic rings. The number of fused-ring (bicyclic) bond motifs is 1. The van der Waals surface area contributed by atoms with Crippen molar-refractivity contribution in [3.8, 4) is 0 Å². The van der Waals surface area contributed by atoms with Crippen LogP contribution in [0.25, 0.3) is 11.0 Å². The molecule has 2 saturated heterocycles. The highest BCUT2D eigenvalue weighted by atomic mass is 32.2. The fraction of sp³-hybridized carbons (Fsp3) is 0.579. The molecule has 1 N–H and O–H groups in total. The average molecular weight is 435 g/mol. The molecule has 2 aliphatic heterocycles. The van der Waals surface area contributed by atoms with Crippen LogP contribution in [0.15, 0.2) is 18.5 Å². The number of anilines is 1. The van der Waals surface area contributed by atoms with E-state index in [-0.39, 0.29) is 29.5 Å². The molecule has 0 bridgehead atoms. The maximum atomic E-state index is 12.6. The number of sulfone groups is 1. The van der Waals surface area contributed by atoms with Crippen LogP contribution in [0, 0.1) is 5.92 Å². The Morgan fingerprint density at radius 1 is 1.13 bits per heavy atom. The van der Waals surface area contributed by atoms with Crippen LogP contribution in [-0.2, 0) is 14.6 Å². The minimum atomic E-state index is -3.09. The van der Waals surface area contributed by atoms with Gasteiger partial charge in [0.2, 0.25) is 5.91 Å². The quantitative estimate of drug-likeness (QED) is 0.774. The number of hydrogen-bond donors (Lipinski definition) is 1. The van der Waals surface area contributed by atoms with Crippen molar-refractivity contribution < 1.29 is 18.0 Å². The minimum absolute atomic E-state index is 0.0601. The monoisotopic (exact) mass is 434 g/mol. The third-order valence-corrected chi connectivity index (χ3v) is 7.40. The molecule has 0 spiro atoms. The molecule has 0 saturated carbocycles.